The summed E-state index contributed by atoms with van der Waals surface area (Å²) in [5, 5.41) is 13.5. The van der Waals surface area contributed by atoms with Gasteiger partial charge in [0.05, 0.1) is 17.6 Å². The number of rotatable bonds is 3. The lowest BCUT2D eigenvalue weighted by molar-refractivity contribution is -0.385. The molecular weight excluding hydrogens is 238 g/mol. The molecule has 18 heavy (non-hydrogen) atoms. The molecule has 7 nitrogen and oxygen atoms in total. The zero-order chi connectivity index (χ0) is 13.1. The van der Waals surface area contributed by atoms with Crippen LogP contribution in [0.1, 0.15) is 16.8 Å². The Labute approximate surface area is 103 Å². The highest BCUT2D eigenvalue weighted by Gasteiger charge is 2.24. The number of anilines is 1. The Bertz CT molecular complexity index is 483. The van der Waals surface area contributed by atoms with Crippen LogP contribution in [0.2, 0.25) is 0 Å². The van der Waals surface area contributed by atoms with Crippen LogP contribution in [0.15, 0.2) is 18.2 Å². The van der Waals surface area contributed by atoms with Crippen LogP contribution in [-0.4, -0.2) is 30.1 Å². The quantitative estimate of drug-likeness (QED) is 0.467. The number of carbonyl (C=O) groups is 1. The molecule has 7 heteroatoms. The molecule has 3 N–H and O–H groups in total. The Kier molecular flexibility index (Phi) is 3.42. The van der Waals surface area contributed by atoms with Crippen molar-refractivity contribution in [1.29, 1.82) is 0 Å². The molecule has 1 fully saturated rings. The van der Waals surface area contributed by atoms with E-state index in [1.807, 2.05) is 0 Å². The minimum atomic E-state index is -0.598. The first kappa shape index (κ1) is 12.3. The number of nitrogens with zero attached hydrogens (tertiary/aromatic N) is 1. The van der Waals surface area contributed by atoms with Crippen molar-refractivity contribution in [1.82, 2.24) is 5.32 Å². The molecular formula is C11H13N3O4. The van der Waals surface area contributed by atoms with Gasteiger partial charge in [-0.25, -0.2) is 0 Å². The van der Waals surface area contributed by atoms with E-state index in [4.69, 9.17) is 10.5 Å². The number of hydrogen-bond acceptors (Lipinski definition) is 5. The van der Waals surface area contributed by atoms with Gasteiger partial charge in [-0.3, -0.25) is 14.9 Å². The second-order valence-corrected chi connectivity index (χ2v) is 4.07. The van der Waals surface area contributed by atoms with E-state index in [0.717, 1.165) is 0 Å². The molecule has 2 rings (SSSR count). The van der Waals surface area contributed by atoms with Crippen molar-refractivity contribution in [3.05, 3.63) is 33.9 Å². The van der Waals surface area contributed by atoms with Crippen LogP contribution in [0.3, 0.4) is 0 Å². The summed E-state index contributed by atoms with van der Waals surface area (Å²) in [6, 6.07) is 3.84. The van der Waals surface area contributed by atoms with E-state index < -0.39 is 10.8 Å². The molecule has 1 aliphatic rings. The van der Waals surface area contributed by atoms with Crippen molar-refractivity contribution in [2.45, 2.75) is 12.5 Å². The Morgan fingerprint density at radius 3 is 2.94 bits per heavy atom. The van der Waals surface area contributed by atoms with Crippen LogP contribution >= 0.6 is 0 Å². The van der Waals surface area contributed by atoms with Crippen molar-refractivity contribution in [3.8, 4) is 0 Å². The van der Waals surface area contributed by atoms with Crippen molar-refractivity contribution >= 4 is 17.3 Å². The van der Waals surface area contributed by atoms with E-state index in [1.54, 1.807) is 0 Å². The van der Waals surface area contributed by atoms with Crippen molar-refractivity contribution < 1.29 is 14.5 Å². The topological polar surface area (TPSA) is 107 Å². The number of hydrogen-bond donors (Lipinski definition) is 2. The highest BCUT2D eigenvalue weighted by atomic mass is 16.6. The summed E-state index contributed by atoms with van der Waals surface area (Å²) >= 11 is 0. The van der Waals surface area contributed by atoms with E-state index in [9.17, 15) is 14.9 Å². The molecule has 1 unspecified atom stereocenters. The maximum Gasteiger partial charge on any atom is 0.282 e. The Morgan fingerprint density at radius 2 is 2.33 bits per heavy atom. The second-order valence-electron chi connectivity index (χ2n) is 4.07. The zero-order valence-corrected chi connectivity index (χ0v) is 9.59. The molecule has 1 aromatic carbocycles. The van der Waals surface area contributed by atoms with Gasteiger partial charge in [0.2, 0.25) is 0 Å². The number of nitro benzene ring substituents is 1. The van der Waals surface area contributed by atoms with Gasteiger partial charge in [-0.05, 0) is 18.6 Å². The number of nitrogens with two attached hydrogens (primary N) is 1. The first-order valence-corrected chi connectivity index (χ1v) is 5.50. The Morgan fingerprint density at radius 1 is 1.56 bits per heavy atom. The zero-order valence-electron chi connectivity index (χ0n) is 9.59. The van der Waals surface area contributed by atoms with Gasteiger partial charge in [-0.2, -0.15) is 0 Å². The number of carbonyl (C=O) groups excluding carboxylic acids is 1. The number of ether oxygens (including phenoxy) is 1. The van der Waals surface area contributed by atoms with Crippen LogP contribution in [0.5, 0.6) is 0 Å². The minimum Gasteiger partial charge on any atom is -0.399 e. The smallest absolute Gasteiger partial charge is 0.282 e. The molecule has 0 saturated carbocycles. The summed E-state index contributed by atoms with van der Waals surface area (Å²) in [6.07, 6.45) is 0.710. The van der Waals surface area contributed by atoms with E-state index in [2.05, 4.69) is 5.32 Å². The van der Waals surface area contributed by atoms with Crippen molar-refractivity contribution in [3.63, 3.8) is 0 Å². The lowest BCUT2D eigenvalue weighted by Gasteiger charge is -2.11. The lowest BCUT2D eigenvalue weighted by Crippen LogP contribution is -2.35. The number of nitrogens with one attached hydrogen (secondary N) is 1. The monoisotopic (exact) mass is 251 g/mol. The number of nitro groups is 1. The minimum absolute atomic E-state index is 0.0214. The standard InChI is InChI=1S/C11H13N3O4/c12-7-1-2-10(14(16)17)9(5-7)11(15)13-8-3-4-18-6-8/h1-2,5,8H,3-4,6,12H2,(H,13,15). The molecule has 1 heterocycles. The molecule has 0 aliphatic carbocycles. The number of amides is 1. The van der Waals surface area contributed by atoms with Gasteiger partial charge < -0.3 is 15.8 Å². The van der Waals surface area contributed by atoms with Crippen LogP contribution in [0.4, 0.5) is 11.4 Å². The maximum absolute atomic E-state index is 12.0. The first-order valence-electron chi connectivity index (χ1n) is 5.50. The van der Waals surface area contributed by atoms with Crippen molar-refractivity contribution in [2.75, 3.05) is 18.9 Å². The maximum atomic E-state index is 12.0. The SMILES string of the molecule is Nc1ccc([N+](=O)[O-])c(C(=O)NC2CCOC2)c1. The summed E-state index contributed by atoms with van der Waals surface area (Å²) in [4.78, 5) is 22.2. The normalized spacial score (nSPS) is 18.6. The third-order valence-corrected chi connectivity index (χ3v) is 2.73. The summed E-state index contributed by atoms with van der Waals surface area (Å²) in [7, 11) is 0. The fourth-order valence-corrected chi connectivity index (χ4v) is 1.81. The molecule has 1 aliphatic heterocycles. The van der Waals surface area contributed by atoms with Gasteiger partial charge >= 0.3 is 0 Å². The second kappa shape index (κ2) is 5.01. The van der Waals surface area contributed by atoms with Crippen LogP contribution in [0.25, 0.3) is 0 Å². The highest BCUT2D eigenvalue weighted by molar-refractivity contribution is 5.99. The third-order valence-electron chi connectivity index (χ3n) is 2.73. The molecule has 0 radical (unpaired) electrons. The number of benzene rings is 1. The van der Waals surface area contributed by atoms with Crippen LogP contribution in [0, 0.1) is 10.1 Å². The van der Waals surface area contributed by atoms with Crippen molar-refractivity contribution in [2.24, 2.45) is 0 Å². The summed E-state index contributed by atoms with van der Waals surface area (Å²) in [5.74, 6) is -0.496. The van der Waals surface area contributed by atoms with Gasteiger partial charge in [-0.1, -0.05) is 0 Å². The van der Waals surface area contributed by atoms with E-state index >= 15 is 0 Å². The lowest BCUT2D eigenvalue weighted by atomic mass is 10.1. The molecule has 1 aromatic rings. The number of nitrogen functional groups attached to an aromatic ring is 1. The van der Waals surface area contributed by atoms with Gasteiger partial charge in [0, 0.05) is 18.4 Å². The van der Waals surface area contributed by atoms with Crippen LogP contribution < -0.4 is 11.1 Å². The average Bonchev–Trinajstić information content (AvgIpc) is 2.81. The van der Waals surface area contributed by atoms with Gasteiger partial charge in [0.15, 0.2) is 0 Å². The molecule has 0 spiro atoms. The summed E-state index contributed by atoms with van der Waals surface area (Å²) < 4.78 is 5.12. The largest absolute Gasteiger partial charge is 0.399 e. The fraction of sp³-hybridized carbons (Fsp3) is 0.364. The predicted octanol–water partition coefficient (Wildman–Crippen LogP) is 0.696. The van der Waals surface area contributed by atoms with E-state index in [0.29, 0.717) is 25.3 Å². The Hall–Kier alpha value is -2.15. The van der Waals surface area contributed by atoms with Crippen LogP contribution in [-0.2, 0) is 4.74 Å². The molecule has 1 amide bonds. The van der Waals surface area contributed by atoms with E-state index in [1.165, 1.54) is 18.2 Å². The fourth-order valence-electron chi connectivity index (χ4n) is 1.81. The molecule has 96 valence electrons. The molecule has 1 atom stereocenters. The van der Waals surface area contributed by atoms with Gasteiger partial charge in [0.1, 0.15) is 5.56 Å². The predicted molar refractivity (Wildman–Crippen MR) is 64.2 cm³/mol. The van der Waals surface area contributed by atoms with Gasteiger partial charge in [-0.15, -0.1) is 0 Å². The third kappa shape index (κ3) is 2.57. The summed E-state index contributed by atoms with van der Waals surface area (Å²) in [6.45, 7) is 1.02. The molecule has 0 bridgehead atoms. The van der Waals surface area contributed by atoms with Gasteiger partial charge in [0.25, 0.3) is 11.6 Å². The molecule has 0 aromatic heterocycles. The first-order chi connectivity index (χ1) is 8.58. The highest BCUT2D eigenvalue weighted by Crippen LogP contribution is 2.21. The molecule has 1 saturated heterocycles. The average molecular weight is 251 g/mol. The summed E-state index contributed by atoms with van der Waals surface area (Å²) in [5.41, 5.74) is 5.59. The van der Waals surface area contributed by atoms with E-state index in [-0.39, 0.29) is 17.3 Å². The Balaban J connectivity index is 2.22.